The minimum Gasteiger partial charge on any atom is -0.372 e. The summed E-state index contributed by atoms with van der Waals surface area (Å²) in [4.78, 5) is 4.03. The molecule has 4 nitrogen and oxygen atoms in total. The third-order valence-electron chi connectivity index (χ3n) is 2.79. The molecule has 1 aliphatic rings. The highest BCUT2D eigenvalue weighted by Gasteiger charge is 2.24. The molecule has 0 aromatic carbocycles. The number of imidazole rings is 1. The molecule has 1 aromatic rings. The maximum absolute atomic E-state index is 5.93. The Hall–Kier alpha value is -0.870. The molecule has 0 bridgehead atoms. The molecule has 0 radical (unpaired) electrons. The van der Waals surface area contributed by atoms with E-state index in [4.69, 9.17) is 4.74 Å². The van der Waals surface area contributed by atoms with E-state index in [9.17, 15) is 0 Å². The number of likely N-dealkylation sites (N-methyl/N-ethyl adjacent to an activating group) is 1. The summed E-state index contributed by atoms with van der Waals surface area (Å²) in [6, 6.07) is 0. The van der Waals surface area contributed by atoms with Crippen LogP contribution in [0.1, 0.15) is 19.8 Å². The van der Waals surface area contributed by atoms with Gasteiger partial charge in [0.05, 0.1) is 18.5 Å². The molecule has 0 amide bonds. The average Bonchev–Trinajstić information content (AvgIpc) is 2.87. The van der Waals surface area contributed by atoms with Crippen LogP contribution in [0.3, 0.4) is 0 Å². The van der Waals surface area contributed by atoms with Crippen LogP contribution in [0.5, 0.6) is 0 Å². The largest absolute Gasteiger partial charge is 0.372 e. The highest BCUT2D eigenvalue weighted by Crippen LogP contribution is 2.20. The molecule has 0 saturated carbocycles. The van der Waals surface area contributed by atoms with Gasteiger partial charge in [-0.2, -0.15) is 0 Å². The molecule has 0 spiro atoms. The van der Waals surface area contributed by atoms with Crippen LogP contribution in [-0.2, 0) is 11.3 Å². The summed E-state index contributed by atoms with van der Waals surface area (Å²) in [5.74, 6) is 0. The van der Waals surface area contributed by atoms with Gasteiger partial charge in [0.2, 0.25) is 0 Å². The summed E-state index contributed by atoms with van der Waals surface area (Å²) in [5, 5.41) is 3.33. The second-order valence-corrected chi connectivity index (χ2v) is 4.02. The molecule has 2 atom stereocenters. The van der Waals surface area contributed by atoms with Crippen LogP contribution in [0.2, 0.25) is 0 Å². The maximum Gasteiger partial charge on any atom is 0.0946 e. The summed E-state index contributed by atoms with van der Waals surface area (Å²) in [5.41, 5.74) is 0. The molecule has 2 unspecified atom stereocenters. The van der Waals surface area contributed by atoms with E-state index in [-0.39, 0.29) is 0 Å². The van der Waals surface area contributed by atoms with E-state index in [2.05, 4.69) is 21.8 Å². The molecule has 1 N–H and O–H groups in total. The van der Waals surface area contributed by atoms with Crippen LogP contribution in [0.4, 0.5) is 0 Å². The van der Waals surface area contributed by atoms with Crippen LogP contribution in [0.15, 0.2) is 18.7 Å². The lowest BCUT2D eigenvalue weighted by atomic mass is 10.2. The van der Waals surface area contributed by atoms with Gasteiger partial charge in [0.15, 0.2) is 0 Å². The first-order valence-electron chi connectivity index (χ1n) is 5.70. The molecule has 84 valence electrons. The van der Waals surface area contributed by atoms with Crippen molar-refractivity contribution in [2.24, 2.45) is 0 Å². The molecule has 1 aliphatic heterocycles. The van der Waals surface area contributed by atoms with Crippen LogP contribution < -0.4 is 5.32 Å². The number of aromatic nitrogens is 2. The Bertz CT molecular complexity index is 273. The number of hydrogen-bond acceptors (Lipinski definition) is 3. The van der Waals surface area contributed by atoms with E-state index >= 15 is 0 Å². The first kappa shape index (κ1) is 10.6. The maximum atomic E-state index is 5.93. The minimum atomic E-state index is 0.364. The Morgan fingerprint density at radius 3 is 3.07 bits per heavy atom. The zero-order valence-corrected chi connectivity index (χ0v) is 9.22. The molecular formula is C11H19N3O. The minimum absolute atomic E-state index is 0.364. The van der Waals surface area contributed by atoms with Crippen LogP contribution in [0.25, 0.3) is 0 Å². The van der Waals surface area contributed by atoms with Gasteiger partial charge in [0.25, 0.3) is 0 Å². The van der Waals surface area contributed by atoms with Crippen LogP contribution in [-0.4, -0.2) is 34.8 Å². The number of nitrogens with zero attached hydrogens (tertiary/aromatic N) is 2. The predicted octanol–water partition coefficient (Wildman–Crippen LogP) is 1.04. The fraction of sp³-hybridized carbons (Fsp3) is 0.727. The molecule has 1 aromatic heterocycles. The van der Waals surface area contributed by atoms with Crippen molar-refractivity contribution in [2.45, 2.75) is 38.5 Å². The Morgan fingerprint density at radius 2 is 2.33 bits per heavy atom. The molecule has 4 heteroatoms. The zero-order chi connectivity index (χ0) is 10.5. The first-order chi connectivity index (χ1) is 7.38. The zero-order valence-electron chi connectivity index (χ0n) is 9.22. The van der Waals surface area contributed by atoms with Crippen LogP contribution >= 0.6 is 0 Å². The van der Waals surface area contributed by atoms with E-state index < -0.39 is 0 Å². The third-order valence-corrected chi connectivity index (χ3v) is 2.79. The van der Waals surface area contributed by atoms with E-state index in [1.807, 2.05) is 18.7 Å². The number of rotatable bonds is 5. The van der Waals surface area contributed by atoms with Gasteiger partial charge < -0.3 is 14.6 Å². The van der Waals surface area contributed by atoms with Crippen molar-refractivity contribution in [3.63, 3.8) is 0 Å². The standard InChI is InChI=1S/C11H19N3O/c1-2-12-7-10-3-4-11(15-10)8-14-6-5-13-9-14/h5-6,9-12H,2-4,7-8H2,1H3. The van der Waals surface area contributed by atoms with Crippen molar-refractivity contribution >= 4 is 0 Å². The lowest BCUT2D eigenvalue weighted by molar-refractivity contribution is 0.0364. The van der Waals surface area contributed by atoms with E-state index in [0.29, 0.717) is 12.2 Å². The fourth-order valence-corrected chi connectivity index (χ4v) is 2.00. The fourth-order valence-electron chi connectivity index (χ4n) is 2.00. The van der Waals surface area contributed by atoms with Gasteiger partial charge >= 0.3 is 0 Å². The normalized spacial score (nSPS) is 25.9. The Labute approximate surface area is 90.6 Å². The van der Waals surface area contributed by atoms with Crippen LogP contribution in [0, 0.1) is 0 Å². The Balaban J connectivity index is 1.73. The SMILES string of the molecule is CCNCC1CCC(Cn2ccnc2)O1. The van der Waals surface area contributed by atoms with E-state index in [0.717, 1.165) is 26.1 Å². The molecule has 0 aliphatic carbocycles. The summed E-state index contributed by atoms with van der Waals surface area (Å²) in [6.45, 7) is 5.06. The smallest absolute Gasteiger partial charge is 0.0946 e. The summed E-state index contributed by atoms with van der Waals surface area (Å²) >= 11 is 0. The van der Waals surface area contributed by atoms with Gasteiger partial charge in [0, 0.05) is 25.5 Å². The second-order valence-electron chi connectivity index (χ2n) is 4.02. The second kappa shape index (κ2) is 5.28. The third kappa shape index (κ3) is 3.04. The molecule has 2 heterocycles. The Morgan fingerprint density at radius 1 is 1.47 bits per heavy atom. The number of nitrogens with one attached hydrogen (secondary N) is 1. The monoisotopic (exact) mass is 209 g/mol. The first-order valence-corrected chi connectivity index (χ1v) is 5.70. The highest BCUT2D eigenvalue weighted by atomic mass is 16.5. The van der Waals surface area contributed by atoms with Crippen molar-refractivity contribution in [2.75, 3.05) is 13.1 Å². The van der Waals surface area contributed by atoms with Crippen molar-refractivity contribution < 1.29 is 4.74 Å². The summed E-state index contributed by atoms with van der Waals surface area (Å²) in [7, 11) is 0. The van der Waals surface area contributed by atoms with Gasteiger partial charge in [-0.25, -0.2) is 4.98 Å². The van der Waals surface area contributed by atoms with Gasteiger partial charge in [0.1, 0.15) is 0 Å². The summed E-state index contributed by atoms with van der Waals surface area (Å²) < 4.78 is 8.01. The van der Waals surface area contributed by atoms with Gasteiger partial charge in [-0.3, -0.25) is 0 Å². The topological polar surface area (TPSA) is 39.1 Å². The van der Waals surface area contributed by atoms with Gasteiger partial charge in [-0.1, -0.05) is 6.92 Å². The lowest BCUT2D eigenvalue weighted by Crippen LogP contribution is -2.27. The number of hydrogen-bond donors (Lipinski definition) is 1. The highest BCUT2D eigenvalue weighted by molar-refractivity contribution is 4.80. The van der Waals surface area contributed by atoms with Crippen molar-refractivity contribution in [3.8, 4) is 0 Å². The molecular weight excluding hydrogens is 190 g/mol. The van der Waals surface area contributed by atoms with Crippen molar-refractivity contribution in [1.82, 2.24) is 14.9 Å². The van der Waals surface area contributed by atoms with Crippen molar-refractivity contribution in [3.05, 3.63) is 18.7 Å². The number of ether oxygens (including phenoxy) is 1. The quantitative estimate of drug-likeness (QED) is 0.787. The molecule has 2 rings (SSSR count). The Kier molecular flexibility index (Phi) is 3.75. The molecule has 1 fully saturated rings. The van der Waals surface area contributed by atoms with E-state index in [1.165, 1.54) is 6.42 Å². The average molecular weight is 209 g/mol. The van der Waals surface area contributed by atoms with E-state index in [1.54, 1.807) is 0 Å². The lowest BCUT2D eigenvalue weighted by Gasteiger charge is -2.14. The summed E-state index contributed by atoms with van der Waals surface area (Å²) in [6.07, 6.45) is 8.74. The van der Waals surface area contributed by atoms with Gasteiger partial charge in [-0.15, -0.1) is 0 Å². The predicted molar refractivity (Wildman–Crippen MR) is 58.7 cm³/mol. The van der Waals surface area contributed by atoms with Gasteiger partial charge in [-0.05, 0) is 19.4 Å². The van der Waals surface area contributed by atoms with Crippen molar-refractivity contribution in [1.29, 1.82) is 0 Å². The molecule has 15 heavy (non-hydrogen) atoms. The molecule has 1 saturated heterocycles.